The fraction of sp³-hybridized carbons (Fsp3) is 0.0698. The van der Waals surface area contributed by atoms with Gasteiger partial charge in [0, 0.05) is 33.5 Å². The molecule has 0 spiro atoms. The van der Waals surface area contributed by atoms with Gasteiger partial charge in [0.25, 0.3) is 0 Å². The van der Waals surface area contributed by atoms with Crippen molar-refractivity contribution in [2.45, 2.75) is 19.3 Å². The fourth-order valence-electron chi connectivity index (χ4n) is 7.55. The lowest BCUT2D eigenvalue weighted by molar-refractivity contribution is 0.488. The van der Waals surface area contributed by atoms with Crippen molar-refractivity contribution in [3.8, 4) is 44.9 Å². The Morgan fingerprint density at radius 3 is 2.07 bits per heavy atom. The highest BCUT2D eigenvalue weighted by atomic mass is 16.5. The van der Waals surface area contributed by atoms with Gasteiger partial charge >= 0.3 is 0 Å². The summed E-state index contributed by atoms with van der Waals surface area (Å²) in [6, 6.07) is 54.6. The molecule has 0 unspecified atom stereocenters. The number of anilines is 3. The lowest BCUT2D eigenvalue weighted by atomic mass is 9.82. The van der Waals surface area contributed by atoms with Crippen LogP contribution in [0.5, 0.6) is 11.5 Å². The van der Waals surface area contributed by atoms with Crippen molar-refractivity contribution in [3.63, 3.8) is 0 Å². The molecule has 1 heterocycles. The molecule has 0 fully saturated rings. The SMILES string of the molecule is CC1(C)c2ccccc2-c2ccc(N(c3ccccc3)c3cccc4c3-c3ccccc3Oc3ccc5ccccc5c3-4)cc21. The van der Waals surface area contributed by atoms with E-state index in [-0.39, 0.29) is 5.41 Å². The minimum Gasteiger partial charge on any atom is -0.456 e. The number of hydrogen-bond acceptors (Lipinski definition) is 2. The van der Waals surface area contributed by atoms with Gasteiger partial charge < -0.3 is 9.64 Å². The van der Waals surface area contributed by atoms with Crippen LogP contribution in [0.15, 0.2) is 152 Å². The van der Waals surface area contributed by atoms with E-state index in [1.54, 1.807) is 0 Å². The van der Waals surface area contributed by atoms with E-state index in [1.807, 2.05) is 0 Å². The third-order valence-corrected chi connectivity index (χ3v) is 9.66. The van der Waals surface area contributed by atoms with Crippen LogP contribution in [0.1, 0.15) is 25.0 Å². The van der Waals surface area contributed by atoms with Crippen LogP contribution < -0.4 is 9.64 Å². The average molecular weight is 578 g/mol. The monoisotopic (exact) mass is 577 g/mol. The molecule has 1 aliphatic carbocycles. The van der Waals surface area contributed by atoms with E-state index in [9.17, 15) is 0 Å². The Hall–Kier alpha value is -5.60. The first kappa shape index (κ1) is 25.9. The summed E-state index contributed by atoms with van der Waals surface area (Å²) in [5.41, 5.74) is 13.2. The summed E-state index contributed by atoms with van der Waals surface area (Å²) in [5, 5.41) is 2.38. The molecule has 0 saturated carbocycles. The first-order valence-electron chi connectivity index (χ1n) is 15.6. The van der Waals surface area contributed by atoms with Gasteiger partial charge in [-0.3, -0.25) is 0 Å². The van der Waals surface area contributed by atoms with Crippen molar-refractivity contribution in [1.29, 1.82) is 0 Å². The molecular weight excluding hydrogens is 546 g/mol. The molecule has 0 atom stereocenters. The minimum atomic E-state index is -0.101. The zero-order chi connectivity index (χ0) is 30.1. The molecule has 1 aliphatic heterocycles. The van der Waals surface area contributed by atoms with Crippen molar-refractivity contribution < 1.29 is 4.74 Å². The topological polar surface area (TPSA) is 12.5 Å². The summed E-state index contributed by atoms with van der Waals surface area (Å²) in [5.74, 6) is 1.74. The largest absolute Gasteiger partial charge is 0.456 e. The highest BCUT2D eigenvalue weighted by Crippen LogP contribution is 2.55. The number of benzene rings is 7. The zero-order valence-corrected chi connectivity index (χ0v) is 25.3. The zero-order valence-electron chi connectivity index (χ0n) is 25.3. The number of fused-ring (bicyclic) bond motifs is 10. The Kier molecular flexibility index (Phi) is 5.58. The number of para-hydroxylation sites is 2. The van der Waals surface area contributed by atoms with Gasteiger partial charge in [-0.1, -0.05) is 123 Å². The predicted octanol–water partition coefficient (Wildman–Crippen LogP) is 12.1. The van der Waals surface area contributed by atoms with Crippen LogP contribution in [0.3, 0.4) is 0 Å². The summed E-state index contributed by atoms with van der Waals surface area (Å²) in [4.78, 5) is 2.42. The molecule has 7 aromatic rings. The molecule has 2 aliphatic rings. The van der Waals surface area contributed by atoms with Crippen LogP contribution in [0.2, 0.25) is 0 Å². The predicted molar refractivity (Wildman–Crippen MR) is 187 cm³/mol. The molecular formula is C43H31NO. The number of hydrogen-bond donors (Lipinski definition) is 0. The van der Waals surface area contributed by atoms with Gasteiger partial charge in [0.2, 0.25) is 0 Å². The van der Waals surface area contributed by atoms with Gasteiger partial charge in [0.05, 0.1) is 5.69 Å². The molecule has 0 N–H and O–H groups in total. The molecule has 0 radical (unpaired) electrons. The first-order chi connectivity index (χ1) is 22.1. The van der Waals surface area contributed by atoms with Crippen molar-refractivity contribution in [2.75, 3.05) is 4.90 Å². The summed E-state index contributed by atoms with van der Waals surface area (Å²) < 4.78 is 6.74. The number of nitrogens with zero attached hydrogens (tertiary/aromatic N) is 1. The molecule has 2 nitrogen and oxygen atoms in total. The second-order valence-corrected chi connectivity index (χ2v) is 12.5. The molecule has 214 valence electrons. The van der Waals surface area contributed by atoms with Crippen molar-refractivity contribution in [1.82, 2.24) is 0 Å². The molecule has 0 amide bonds. The van der Waals surface area contributed by atoms with Crippen LogP contribution in [0.25, 0.3) is 44.2 Å². The fourth-order valence-corrected chi connectivity index (χ4v) is 7.55. The van der Waals surface area contributed by atoms with E-state index in [0.29, 0.717) is 0 Å². The Labute approximate surface area is 263 Å². The van der Waals surface area contributed by atoms with Gasteiger partial charge in [-0.2, -0.15) is 0 Å². The van der Waals surface area contributed by atoms with E-state index in [0.717, 1.165) is 45.3 Å². The van der Waals surface area contributed by atoms with Gasteiger partial charge in [-0.15, -0.1) is 0 Å². The number of ether oxygens (including phenoxy) is 1. The third-order valence-electron chi connectivity index (χ3n) is 9.66. The van der Waals surface area contributed by atoms with E-state index in [4.69, 9.17) is 4.74 Å². The third kappa shape index (κ3) is 3.82. The molecule has 7 aromatic carbocycles. The quantitative estimate of drug-likeness (QED) is 0.207. The smallest absolute Gasteiger partial charge is 0.135 e. The highest BCUT2D eigenvalue weighted by Gasteiger charge is 2.36. The van der Waals surface area contributed by atoms with Gasteiger partial charge in [0.1, 0.15) is 11.5 Å². The van der Waals surface area contributed by atoms with Crippen molar-refractivity contribution in [2.24, 2.45) is 0 Å². The minimum absolute atomic E-state index is 0.101. The van der Waals surface area contributed by atoms with Crippen LogP contribution in [-0.2, 0) is 5.41 Å². The van der Waals surface area contributed by atoms with Crippen LogP contribution >= 0.6 is 0 Å². The van der Waals surface area contributed by atoms with Crippen molar-refractivity contribution in [3.05, 3.63) is 163 Å². The van der Waals surface area contributed by atoms with E-state index in [2.05, 4.69) is 170 Å². The summed E-state index contributed by atoms with van der Waals surface area (Å²) in [7, 11) is 0. The Morgan fingerprint density at radius 1 is 0.467 bits per heavy atom. The number of rotatable bonds is 3. The Balaban J connectivity index is 1.35. The second kappa shape index (κ2) is 9.70. The maximum atomic E-state index is 6.74. The van der Waals surface area contributed by atoms with Crippen molar-refractivity contribution >= 4 is 27.8 Å². The van der Waals surface area contributed by atoms with Crippen LogP contribution in [-0.4, -0.2) is 0 Å². The van der Waals surface area contributed by atoms with E-state index in [1.165, 1.54) is 38.6 Å². The normalized spacial score (nSPS) is 13.5. The molecule has 2 heteroatoms. The lowest BCUT2D eigenvalue weighted by Gasteiger charge is -2.30. The Bertz CT molecular complexity index is 2280. The summed E-state index contributed by atoms with van der Waals surface area (Å²) in [6.07, 6.45) is 0. The van der Waals surface area contributed by atoms with Gasteiger partial charge in [0.15, 0.2) is 0 Å². The molecule has 0 saturated heterocycles. The maximum Gasteiger partial charge on any atom is 0.135 e. The van der Waals surface area contributed by atoms with E-state index < -0.39 is 0 Å². The van der Waals surface area contributed by atoms with E-state index >= 15 is 0 Å². The van der Waals surface area contributed by atoms with Crippen LogP contribution in [0.4, 0.5) is 17.1 Å². The molecule has 0 aromatic heterocycles. The Morgan fingerprint density at radius 2 is 1.18 bits per heavy atom. The lowest BCUT2D eigenvalue weighted by Crippen LogP contribution is -2.17. The van der Waals surface area contributed by atoms with Crippen LogP contribution in [0, 0.1) is 0 Å². The highest BCUT2D eigenvalue weighted by molar-refractivity contribution is 6.08. The molecule has 0 bridgehead atoms. The summed E-state index contributed by atoms with van der Waals surface area (Å²) in [6.45, 7) is 4.69. The van der Waals surface area contributed by atoms with Gasteiger partial charge in [-0.05, 0) is 81.1 Å². The van der Waals surface area contributed by atoms with Gasteiger partial charge in [-0.25, -0.2) is 0 Å². The summed E-state index contributed by atoms with van der Waals surface area (Å²) >= 11 is 0. The standard InChI is InChI=1S/C43H31NO/c1-43(2)36-20-10-8-17-32(36)33-25-24-30(27-37(33)43)44(29-14-4-3-5-15-29)38-21-12-19-35-41(38)34-18-9-11-22-39(34)45-40-26-23-28-13-6-7-16-31(28)42(35)40/h3-27H,1-2H3. The first-order valence-corrected chi connectivity index (χ1v) is 15.6. The molecule has 9 rings (SSSR count). The maximum absolute atomic E-state index is 6.74. The average Bonchev–Trinajstić information content (AvgIpc) is 3.21. The molecule has 45 heavy (non-hydrogen) atoms. The second-order valence-electron chi connectivity index (χ2n) is 12.5.